The summed E-state index contributed by atoms with van der Waals surface area (Å²) >= 11 is 9.00. The fraction of sp³-hybridized carbons (Fsp3) is 0.538. The van der Waals surface area contributed by atoms with Crippen molar-refractivity contribution in [1.29, 1.82) is 0 Å². The molecule has 2 unspecified atom stereocenters. The maximum absolute atomic E-state index is 13.8. The Morgan fingerprint density at radius 3 is 2.70 bits per heavy atom. The molecule has 1 aliphatic rings. The number of hydrogen-bond acceptors (Lipinski definition) is 2. The van der Waals surface area contributed by atoms with Gasteiger partial charge in [0.1, 0.15) is 10.7 Å². The number of hydrogen-bond donors (Lipinski definition) is 1. The highest BCUT2D eigenvalue weighted by Gasteiger charge is 2.30. The van der Waals surface area contributed by atoms with E-state index in [-0.39, 0.29) is 16.9 Å². The van der Waals surface area contributed by atoms with Crippen molar-refractivity contribution in [1.82, 2.24) is 4.72 Å². The summed E-state index contributed by atoms with van der Waals surface area (Å²) < 4.78 is 41.5. The average molecular weight is 385 g/mol. The van der Waals surface area contributed by atoms with Gasteiger partial charge in [-0.15, -0.1) is 11.6 Å². The lowest BCUT2D eigenvalue weighted by atomic mass is 9.86. The Morgan fingerprint density at radius 2 is 2.05 bits per heavy atom. The predicted molar refractivity (Wildman–Crippen MR) is 80.9 cm³/mol. The molecule has 2 atom stereocenters. The molecule has 3 nitrogen and oxygen atoms in total. The maximum atomic E-state index is 13.8. The number of nitrogens with one attached hydrogen (secondary N) is 1. The standard InChI is InChI=1S/C13H16BrClFNO2S/c14-10-5-6-13(11(16)7-10)20(18,19)17-12-4-2-1-3-9(12)8-15/h5-7,9,12,17H,1-4,8H2. The fourth-order valence-corrected chi connectivity index (χ4v) is 4.60. The van der Waals surface area contributed by atoms with Crippen LogP contribution in [-0.2, 0) is 10.0 Å². The molecule has 1 N–H and O–H groups in total. The molecule has 20 heavy (non-hydrogen) atoms. The van der Waals surface area contributed by atoms with Crippen LogP contribution in [0.15, 0.2) is 27.6 Å². The number of rotatable bonds is 4. The molecular weight excluding hydrogens is 369 g/mol. The third kappa shape index (κ3) is 3.72. The fourth-order valence-electron chi connectivity index (χ4n) is 2.50. The van der Waals surface area contributed by atoms with Crippen molar-refractivity contribution in [3.63, 3.8) is 0 Å². The van der Waals surface area contributed by atoms with Gasteiger partial charge < -0.3 is 0 Å². The minimum absolute atomic E-state index is 0.110. The third-order valence-corrected chi connectivity index (χ3v) is 6.01. The van der Waals surface area contributed by atoms with Crippen LogP contribution in [0.1, 0.15) is 25.7 Å². The second-order valence-electron chi connectivity index (χ2n) is 5.00. The predicted octanol–water partition coefficient (Wildman–Crippen LogP) is 3.66. The van der Waals surface area contributed by atoms with Gasteiger partial charge in [-0.25, -0.2) is 17.5 Å². The molecule has 0 saturated heterocycles. The molecule has 0 radical (unpaired) electrons. The maximum Gasteiger partial charge on any atom is 0.243 e. The SMILES string of the molecule is O=S(=O)(NC1CCCCC1CCl)c1ccc(Br)cc1F. The van der Waals surface area contributed by atoms with Crippen molar-refractivity contribution in [3.05, 3.63) is 28.5 Å². The number of alkyl halides is 1. The Labute approximate surface area is 132 Å². The lowest BCUT2D eigenvalue weighted by molar-refractivity contribution is 0.313. The summed E-state index contributed by atoms with van der Waals surface area (Å²) in [6.07, 6.45) is 3.67. The zero-order valence-electron chi connectivity index (χ0n) is 10.8. The second kappa shape index (κ2) is 6.73. The van der Waals surface area contributed by atoms with E-state index in [0.717, 1.165) is 31.7 Å². The second-order valence-corrected chi connectivity index (χ2v) is 7.91. The van der Waals surface area contributed by atoms with Gasteiger partial charge in [0.05, 0.1) is 0 Å². The highest BCUT2D eigenvalue weighted by molar-refractivity contribution is 9.10. The Balaban J connectivity index is 2.22. The minimum Gasteiger partial charge on any atom is -0.208 e. The first-order valence-corrected chi connectivity index (χ1v) is 9.28. The van der Waals surface area contributed by atoms with E-state index < -0.39 is 15.8 Å². The summed E-state index contributed by atoms with van der Waals surface area (Å²) in [6.45, 7) is 0. The number of benzene rings is 1. The van der Waals surface area contributed by atoms with Crippen molar-refractivity contribution in [2.45, 2.75) is 36.6 Å². The molecule has 1 aliphatic carbocycles. The molecule has 1 saturated carbocycles. The molecule has 1 aromatic carbocycles. The molecule has 0 aromatic heterocycles. The van der Waals surface area contributed by atoms with Crippen molar-refractivity contribution in [3.8, 4) is 0 Å². The first-order chi connectivity index (χ1) is 9.44. The molecule has 0 spiro atoms. The Hall–Kier alpha value is -0.170. The van der Waals surface area contributed by atoms with Crippen molar-refractivity contribution in [2.75, 3.05) is 5.88 Å². The molecule has 1 aromatic rings. The average Bonchev–Trinajstić information content (AvgIpc) is 2.38. The van der Waals surface area contributed by atoms with E-state index in [1.54, 1.807) is 0 Å². The summed E-state index contributed by atoms with van der Waals surface area (Å²) in [5.41, 5.74) is 0. The van der Waals surface area contributed by atoms with E-state index in [1.165, 1.54) is 12.1 Å². The summed E-state index contributed by atoms with van der Waals surface area (Å²) in [5, 5.41) is 0. The topological polar surface area (TPSA) is 46.2 Å². The van der Waals surface area contributed by atoms with E-state index in [1.807, 2.05) is 0 Å². The normalized spacial score (nSPS) is 23.8. The summed E-state index contributed by atoms with van der Waals surface area (Å²) in [5.74, 6) is -0.237. The van der Waals surface area contributed by atoms with Crippen molar-refractivity contribution < 1.29 is 12.8 Å². The molecular formula is C13H16BrClFNO2S. The van der Waals surface area contributed by atoms with E-state index >= 15 is 0 Å². The molecule has 0 aliphatic heterocycles. The third-order valence-electron chi connectivity index (χ3n) is 3.60. The Kier molecular flexibility index (Phi) is 5.45. The highest BCUT2D eigenvalue weighted by atomic mass is 79.9. The van der Waals surface area contributed by atoms with Crippen LogP contribution in [0.25, 0.3) is 0 Å². The van der Waals surface area contributed by atoms with Crippen LogP contribution in [0.4, 0.5) is 4.39 Å². The summed E-state index contributed by atoms with van der Waals surface area (Å²) in [6, 6.07) is 3.71. The molecule has 0 bridgehead atoms. The Bertz CT molecular complexity index is 582. The highest BCUT2D eigenvalue weighted by Crippen LogP contribution is 2.27. The smallest absolute Gasteiger partial charge is 0.208 e. The van der Waals surface area contributed by atoms with E-state index in [4.69, 9.17) is 11.6 Å². The molecule has 0 heterocycles. The first kappa shape index (κ1) is 16.2. The van der Waals surface area contributed by atoms with Crippen LogP contribution >= 0.6 is 27.5 Å². The van der Waals surface area contributed by atoms with E-state index in [0.29, 0.717) is 10.4 Å². The minimum atomic E-state index is -3.85. The van der Waals surface area contributed by atoms with Gasteiger partial charge in [-0.2, -0.15) is 0 Å². The van der Waals surface area contributed by atoms with Gasteiger partial charge in [-0.05, 0) is 37.0 Å². The molecule has 112 valence electrons. The van der Waals surface area contributed by atoms with Crippen LogP contribution in [0.2, 0.25) is 0 Å². The molecule has 2 rings (SSSR count). The van der Waals surface area contributed by atoms with Crippen LogP contribution in [0.5, 0.6) is 0 Å². The lowest BCUT2D eigenvalue weighted by Gasteiger charge is -2.30. The number of halogens is 3. The van der Waals surface area contributed by atoms with Crippen LogP contribution in [-0.4, -0.2) is 20.3 Å². The van der Waals surface area contributed by atoms with Gasteiger partial charge in [-0.1, -0.05) is 28.8 Å². The van der Waals surface area contributed by atoms with Crippen molar-refractivity contribution >= 4 is 37.6 Å². The summed E-state index contributed by atoms with van der Waals surface area (Å²) in [7, 11) is -3.85. The van der Waals surface area contributed by atoms with Gasteiger partial charge in [0.25, 0.3) is 0 Å². The Morgan fingerprint density at radius 1 is 1.35 bits per heavy atom. The zero-order valence-corrected chi connectivity index (χ0v) is 13.9. The molecule has 1 fully saturated rings. The van der Waals surface area contributed by atoms with Gasteiger partial charge in [-0.3, -0.25) is 0 Å². The lowest BCUT2D eigenvalue weighted by Crippen LogP contribution is -2.42. The zero-order chi connectivity index (χ0) is 14.8. The van der Waals surface area contributed by atoms with Crippen LogP contribution in [0, 0.1) is 11.7 Å². The van der Waals surface area contributed by atoms with E-state index in [9.17, 15) is 12.8 Å². The number of sulfonamides is 1. The van der Waals surface area contributed by atoms with Gasteiger partial charge in [0, 0.05) is 16.4 Å². The monoisotopic (exact) mass is 383 g/mol. The van der Waals surface area contributed by atoms with Crippen LogP contribution < -0.4 is 4.72 Å². The van der Waals surface area contributed by atoms with Gasteiger partial charge in [0.2, 0.25) is 10.0 Å². The molecule has 0 amide bonds. The van der Waals surface area contributed by atoms with Gasteiger partial charge in [0.15, 0.2) is 0 Å². The molecule has 7 heteroatoms. The summed E-state index contributed by atoms with van der Waals surface area (Å²) in [4.78, 5) is -0.320. The largest absolute Gasteiger partial charge is 0.243 e. The van der Waals surface area contributed by atoms with Gasteiger partial charge >= 0.3 is 0 Å². The quantitative estimate of drug-likeness (QED) is 0.805. The van der Waals surface area contributed by atoms with Crippen molar-refractivity contribution in [2.24, 2.45) is 5.92 Å². The van der Waals surface area contributed by atoms with E-state index in [2.05, 4.69) is 20.7 Å². The first-order valence-electron chi connectivity index (χ1n) is 6.47. The van der Waals surface area contributed by atoms with Crippen LogP contribution in [0.3, 0.4) is 0 Å².